The second kappa shape index (κ2) is 17.5. The molecule has 0 aromatic rings. The summed E-state index contributed by atoms with van der Waals surface area (Å²) in [7, 11) is 8.43. The van der Waals surface area contributed by atoms with Crippen molar-refractivity contribution < 1.29 is 17.1 Å². The Bertz CT molecular complexity index is 204. The zero-order valence-corrected chi connectivity index (χ0v) is 15.5. The third kappa shape index (κ3) is 18.2. The quantitative estimate of drug-likeness (QED) is 0.709. The summed E-state index contributed by atoms with van der Waals surface area (Å²) < 4.78 is 0. The van der Waals surface area contributed by atoms with Gasteiger partial charge in [-0.2, -0.15) is 0 Å². The second-order valence-corrected chi connectivity index (χ2v) is 5.34. The van der Waals surface area contributed by atoms with Gasteiger partial charge in [-0.05, 0) is 105 Å². The molecule has 2 saturated carbocycles. The predicted molar refractivity (Wildman–Crippen MR) is 93.9 cm³/mol. The summed E-state index contributed by atoms with van der Waals surface area (Å²) in [4.78, 5) is 4.42. The van der Waals surface area contributed by atoms with Gasteiger partial charge in [0.2, 0.25) is 0 Å². The van der Waals surface area contributed by atoms with Crippen molar-refractivity contribution in [2.24, 2.45) is 0 Å². The van der Waals surface area contributed by atoms with Crippen LogP contribution in [0.5, 0.6) is 0 Å². The molecule has 0 unspecified atom stereocenters. The van der Waals surface area contributed by atoms with Gasteiger partial charge >= 0.3 is 17.1 Å². The van der Waals surface area contributed by atoms with Crippen molar-refractivity contribution in [3.63, 3.8) is 0 Å². The fraction of sp³-hybridized carbons (Fsp3) is 0.368. The molecule has 0 bridgehead atoms. The van der Waals surface area contributed by atoms with Gasteiger partial charge in [-0.25, -0.2) is 0 Å². The van der Waals surface area contributed by atoms with Crippen molar-refractivity contribution in [1.82, 2.24) is 9.80 Å². The molecule has 0 spiro atoms. The van der Waals surface area contributed by atoms with Crippen LogP contribution in [0.15, 0.2) is 12.7 Å². The molecule has 10 radical (unpaired) electrons. The summed E-state index contributed by atoms with van der Waals surface area (Å²) in [6.07, 6.45) is 21.1. The number of nitrogens with zero attached hydrogens (tertiary/aromatic N) is 2. The van der Waals surface area contributed by atoms with Crippen molar-refractivity contribution in [2.45, 2.75) is 6.42 Å². The normalized spacial score (nSPS) is 17.4. The van der Waals surface area contributed by atoms with Crippen molar-refractivity contribution in [3.8, 4) is 0 Å². The minimum Gasteiger partial charge on any atom is -0.309 e. The number of hydrogen-bond acceptors (Lipinski definition) is 2. The van der Waals surface area contributed by atoms with Gasteiger partial charge in [-0.1, -0.05) is 6.08 Å². The van der Waals surface area contributed by atoms with Gasteiger partial charge in [0.25, 0.3) is 0 Å². The molecule has 0 amide bonds. The monoisotopic (exact) mass is 342 g/mol. The summed E-state index contributed by atoms with van der Waals surface area (Å²) >= 11 is 0. The van der Waals surface area contributed by atoms with E-state index in [1.807, 2.05) is 63.9 Å². The molecule has 0 aromatic heterocycles. The summed E-state index contributed by atoms with van der Waals surface area (Å²) in [5, 5.41) is 0. The van der Waals surface area contributed by atoms with E-state index >= 15 is 0 Å². The van der Waals surface area contributed by atoms with Gasteiger partial charge in [-0.3, -0.25) is 0 Å². The average Bonchev–Trinajstić information content (AvgIpc) is 3.15. The Morgan fingerprint density at radius 2 is 1.14 bits per heavy atom. The molecule has 2 fully saturated rings. The summed E-state index contributed by atoms with van der Waals surface area (Å²) in [6.45, 7) is 5.99. The molecule has 2 aliphatic rings. The van der Waals surface area contributed by atoms with E-state index in [0.29, 0.717) is 0 Å². The van der Waals surface area contributed by atoms with Crippen molar-refractivity contribution >= 4 is 0 Å². The van der Waals surface area contributed by atoms with Crippen LogP contribution in [0.3, 0.4) is 0 Å². The van der Waals surface area contributed by atoms with Crippen LogP contribution in [0, 0.1) is 63.7 Å². The standard InChI is InChI=1S/C7H18N2.C7H7.C5H5.Fe/c1-8(2)6-5-7-9(3)4;1-2-7-5-3-4-6-7;1-2-4-5-3-1;/h5-7H2,1-4H3;2-6H,1H2;1-5H;/q;;;+2. The Balaban J connectivity index is 0. The van der Waals surface area contributed by atoms with E-state index in [1.54, 1.807) is 0 Å². The van der Waals surface area contributed by atoms with Crippen molar-refractivity contribution in [1.29, 1.82) is 0 Å². The fourth-order valence-electron chi connectivity index (χ4n) is 1.55. The smallest absolute Gasteiger partial charge is 0.309 e. The molecule has 122 valence electrons. The van der Waals surface area contributed by atoms with Crippen LogP contribution in [-0.2, 0) is 17.1 Å². The summed E-state index contributed by atoms with van der Waals surface area (Å²) in [5.74, 6) is 1.19. The van der Waals surface area contributed by atoms with E-state index in [-0.39, 0.29) is 17.1 Å². The Morgan fingerprint density at radius 3 is 1.36 bits per heavy atom. The zero-order chi connectivity index (χ0) is 15.9. The van der Waals surface area contributed by atoms with Crippen LogP contribution >= 0.6 is 0 Å². The molecule has 0 atom stereocenters. The molecule has 0 aromatic carbocycles. The SMILES string of the molecule is C=C[C]1[CH][CH][CH][CH]1.CN(C)CCCN(C)C.[CH]1[CH][CH][CH][CH]1.[Fe+2]. The Kier molecular flexibility index (Phi) is 19.5. The Labute approximate surface area is 151 Å². The molecule has 2 aliphatic carbocycles. The van der Waals surface area contributed by atoms with Crippen molar-refractivity contribution in [3.05, 3.63) is 76.4 Å². The molecule has 2 nitrogen and oxygen atoms in total. The van der Waals surface area contributed by atoms with E-state index < -0.39 is 0 Å². The number of rotatable bonds is 5. The van der Waals surface area contributed by atoms with E-state index in [1.165, 1.54) is 25.4 Å². The maximum absolute atomic E-state index is 3.60. The minimum absolute atomic E-state index is 0. The number of hydrogen-bond donors (Lipinski definition) is 0. The Morgan fingerprint density at radius 1 is 0.773 bits per heavy atom. The predicted octanol–water partition coefficient (Wildman–Crippen LogP) is 3.10. The molecule has 2 rings (SSSR count). The van der Waals surface area contributed by atoms with Crippen molar-refractivity contribution in [2.75, 3.05) is 41.3 Å². The molecular formula is C19H30FeN2+2. The van der Waals surface area contributed by atoms with E-state index in [2.05, 4.69) is 44.6 Å². The second-order valence-electron chi connectivity index (χ2n) is 5.34. The first-order valence-electron chi connectivity index (χ1n) is 7.36. The largest absolute Gasteiger partial charge is 2.00 e. The third-order valence-electron chi connectivity index (χ3n) is 2.69. The van der Waals surface area contributed by atoms with Crippen LogP contribution in [0.2, 0.25) is 0 Å². The third-order valence-corrected chi connectivity index (χ3v) is 2.69. The maximum Gasteiger partial charge on any atom is 2.00 e. The molecule has 22 heavy (non-hydrogen) atoms. The van der Waals surface area contributed by atoms with E-state index in [4.69, 9.17) is 0 Å². The molecule has 0 N–H and O–H groups in total. The molecule has 3 heteroatoms. The van der Waals surface area contributed by atoms with Crippen LogP contribution < -0.4 is 0 Å². The van der Waals surface area contributed by atoms with Gasteiger partial charge in [0.15, 0.2) is 0 Å². The fourth-order valence-corrected chi connectivity index (χ4v) is 1.55. The van der Waals surface area contributed by atoms with Gasteiger partial charge < -0.3 is 9.80 Å². The molecule has 0 heterocycles. The van der Waals surface area contributed by atoms with Gasteiger partial charge in [-0.15, -0.1) is 6.58 Å². The molecule has 0 saturated heterocycles. The van der Waals surface area contributed by atoms with Crippen LogP contribution in [0.4, 0.5) is 0 Å². The van der Waals surface area contributed by atoms with Gasteiger partial charge in [0.1, 0.15) is 0 Å². The number of allylic oxidation sites excluding steroid dienone is 1. The minimum atomic E-state index is 0. The first-order chi connectivity index (χ1) is 10.1. The van der Waals surface area contributed by atoms with Crippen LogP contribution in [0.1, 0.15) is 6.42 Å². The Hall–Kier alpha value is 0.179. The first-order valence-corrected chi connectivity index (χ1v) is 7.36. The first kappa shape index (κ1) is 24.4. The van der Waals surface area contributed by atoms with Gasteiger partial charge in [0, 0.05) is 5.92 Å². The van der Waals surface area contributed by atoms with E-state index in [9.17, 15) is 0 Å². The topological polar surface area (TPSA) is 6.48 Å². The van der Waals surface area contributed by atoms with Crippen LogP contribution in [0.25, 0.3) is 0 Å². The van der Waals surface area contributed by atoms with Crippen LogP contribution in [-0.4, -0.2) is 51.1 Å². The molecule has 0 aliphatic heterocycles. The molecular weight excluding hydrogens is 312 g/mol. The summed E-state index contributed by atoms with van der Waals surface area (Å²) in [6, 6.07) is 0. The average molecular weight is 342 g/mol. The van der Waals surface area contributed by atoms with E-state index in [0.717, 1.165) is 0 Å². The van der Waals surface area contributed by atoms with Gasteiger partial charge in [0.05, 0.1) is 0 Å². The zero-order valence-electron chi connectivity index (χ0n) is 14.3. The maximum atomic E-state index is 3.60. The summed E-state index contributed by atoms with van der Waals surface area (Å²) in [5.41, 5.74) is 0.